The van der Waals surface area contributed by atoms with Crippen LogP contribution < -0.4 is 5.56 Å². The van der Waals surface area contributed by atoms with E-state index in [0.29, 0.717) is 5.69 Å². The van der Waals surface area contributed by atoms with Crippen molar-refractivity contribution >= 4 is 11.0 Å². The van der Waals surface area contributed by atoms with E-state index in [1.54, 1.807) is 24.3 Å². The van der Waals surface area contributed by atoms with Crippen molar-refractivity contribution in [1.29, 1.82) is 0 Å². The molecule has 0 aliphatic carbocycles. The van der Waals surface area contributed by atoms with Crippen LogP contribution in [-0.2, 0) is 0 Å². The Morgan fingerprint density at radius 1 is 1.21 bits per heavy atom. The van der Waals surface area contributed by atoms with Crippen molar-refractivity contribution in [2.45, 2.75) is 6.43 Å². The fourth-order valence-electron chi connectivity index (χ4n) is 1.80. The zero-order valence-corrected chi connectivity index (χ0v) is 9.55. The lowest BCUT2D eigenvalue weighted by Gasteiger charge is -2.03. The maximum atomic E-state index is 12.7. The van der Waals surface area contributed by atoms with Crippen molar-refractivity contribution in [2.24, 2.45) is 0 Å². The number of fused-ring (bicyclic) bond motifs is 1. The van der Waals surface area contributed by atoms with E-state index in [2.05, 4.69) is 10.1 Å². The number of nitrogens with one attached hydrogen (secondary N) is 1. The van der Waals surface area contributed by atoms with E-state index < -0.39 is 17.8 Å². The minimum atomic E-state index is -2.84. The van der Waals surface area contributed by atoms with Gasteiger partial charge in [0.1, 0.15) is 5.39 Å². The lowest BCUT2D eigenvalue weighted by atomic mass is 10.3. The Balaban J connectivity index is 2.31. The smallest absolute Gasteiger partial charge is 0.295 e. The largest absolute Gasteiger partial charge is 0.305 e. The molecule has 0 amide bonds. The molecule has 0 aliphatic heterocycles. The van der Waals surface area contributed by atoms with Crippen LogP contribution >= 0.6 is 0 Å². The van der Waals surface area contributed by atoms with Gasteiger partial charge in [-0.1, -0.05) is 18.2 Å². The summed E-state index contributed by atoms with van der Waals surface area (Å²) in [6, 6.07) is 8.88. The zero-order valence-electron chi connectivity index (χ0n) is 9.55. The first-order valence-electron chi connectivity index (χ1n) is 5.48. The van der Waals surface area contributed by atoms with Crippen LogP contribution in [0.2, 0.25) is 0 Å². The number of nitrogens with zero attached hydrogens (tertiary/aromatic N) is 3. The molecule has 1 N–H and O–H groups in total. The molecule has 19 heavy (non-hydrogen) atoms. The van der Waals surface area contributed by atoms with E-state index in [4.69, 9.17) is 0 Å². The van der Waals surface area contributed by atoms with Crippen LogP contribution in [0.25, 0.3) is 16.7 Å². The van der Waals surface area contributed by atoms with Gasteiger partial charge < -0.3 is 4.98 Å². The first kappa shape index (κ1) is 11.5. The summed E-state index contributed by atoms with van der Waals surface area (Å²) in [6.07, 6.45) is -1.53. The highest BCUT2D eigenvalue weighted by Crippen LogP contribution is 2.17. The third-order valence-corrected chi connectivity index (χ3v) is 2.66. The molecule has 1 aromatic carbocycles. The monoisotopic (exact) mass is 262 g/mol. The molecule has 7 heteroatoms. The van der Waals surface area contributed by atoms with Gasteiger partial charge in [-0.05, 0) is 12.1 Å². The van der Waals surface area contributed by atoms with Crippen molar-refractivity contribution in [3.63, 3.8) is 0 Å². The molecule has 0 spiro atoms. The Morgan fingerprint density at radius 2 is 1.95 bits per heavy atom. The fourth-order valence-corrected chi connectivity index (χ4v) is 1.80. The van der Waals surface area contributed by atoms with Crippen molar-refractivity contribution < 1.29 is 8.78 Å². The number of aromatic amines is 1. The van der Waals surface area contributed by atoms with E-state index in [9.17, 15) is 13.6 Å². The first-order chi connectivity index (χ1) is 9.16. The van der Waals surface area contributed by atoms with Crippen LogP contribution in [0.1, 0.15) is 12.2 Å². The maximum Gasteiger partial charge on any atom is 0.295 e. The number of rotatable bonds is 2. The number of aromatic nitrogens is 4. The Bertz CT molecular complexity index is 779. The van der Waals surface area contributed by atoms with Gasteiger partial charge in [0.05, 0.1) is 11.9 Å². The molecule has 0 fully saturated rings. The van der Waals surface area contributed by atoms with E-state index in [1.165, 1.54) is 10.9 Å². The van der Waals surface area contributed by atoms with Crippen LogP contribution in [0.3, 0.4) is 0 Å². The number of para-hydroxylation sites is 1. The Hall–Kier alpha value is -2.57. The maximum absolute atomic E-state index is 12.7. The van der Waals surface area contributed by atoms with Crippen molar-refractivity contribution in [3.8, 4) is 5.69 Å². The first-order valence-corrected chi connectivity index (χ1v) is 5.48. The molecule has 96 valence electrons. The Labute approximate surface area is 105 Å². The highest BCUT2D eigenvalue weighted by molar-refractivity contribution is 5.75. The third-order valence-electron chi connectivity index (χ3n) is 2.66. The lowest BCUT2D eigenvalue weighted by Crippen LogP contribution is -2.12. The van der Waals surface area contributed by atoms with E-state index in [1.807, 2.05) is 11.1 Å². The molecule has 2 aromatic heterocycles. The second kappa shape index (κ2) is 4.27. The molecular weight excluding hydrogens is 254 g/mol. The van der Waals surface area contributed by atoms with E-state index in [-0.39, 0.29) is 11.0 Å². The van der Waals surface area contributed by atoms with Crippen LogP contribution in [0.5, 0.6) is 0 Å². The summed E-state index contributed by atoms with van der Waals surface area (Å²) in [5.41, 5.74) is 0.142. The zero-order chi connectivity index (χ0) is 13.4. The van der Waals surface area contributed by atoms with E-state index >= 15 is 0 Å². The standard InChI is InChI=1S/C12H8F2N4O/c13-9(14)10-16-11-8(12(19)17-10)6-15-18(11)7-4-2-1-3-5-7/h1-6,9H,(H,16,17,19). The number of hydrogen-bond donors (Lipinski definition) is 1. The van der Waals surface area contributed by atoms with Gasteiger partial charge in [0.2, 0.25) is 0 Å². The molecule has 5 nitrogen and oxygen atoms in total. The van der Waals surface area contributed by atoms with Gasteiger partial charge in [-0.25, -0.2) is 18.4 Å². The predicted octanol–water partition coefficient (Wildman–Crippen LogP) is 2.05. The van der Waals surface area contributed by atoms with Crippen molar-refractivity contribution in [1.82, 2.24) is 19.7 Å². The van der Waals surface area contributed by atoms with Gasteiger partial charge in [-0.3, -0.25) is 4.79 Å². The van der Waals surface area contributed by atoms with Crippen molar-refractivity contribution in [2.75, 3.05) is 0 Å². The molecule has 3 rings (SSSR count). The number of hydrogen-bond acceptors (Lipinski definition) is 3. The number of halogens is 2. The van der Waals surface area contributed by atoms with Gasteiger partial charge in [0, 0.05) is 0 Å². The van der Waals surface area contributed by atoms with Gasteiger partial charge in [-0.15, -0.1) is 0 Å². The predicted molar refractivity (Wildman–Crippen MR) is 64.4 cm³/mol. The summed E-state index contributed by atoms with van der Waals surface area (Å²) in [7, 11) is 0. The number of benzene rings is 1. The second-order valence-electron chi connectivity index (χ2n) is 3.88. The summed E-state index contributed by atoms with van der Waals surface area (Å²) < 4.78 is 26.7. The van der Waals surface area contributed by atoms with Gasteiger partial charge in [-0.2, -0.15) is 5.10 Å². The minimum Gasteiger partial charge on any atom is -0.305 e. The number of alkyl halides is 2. The molecule has 0 saturated heterocycles. The molecule has 0 saturated carbocycles. The van der Waals surface area contributed by atoms with Gasteiger partial charge in [0.25, 0.3) is 12.0 Å². The lowest BCUT2D eigenvalue weighted by molar-refractivity contribution is 0.140. The quantitative estimate of drug-likeness (QED) is 0.768. The highest BCUT2D eigenvalue weighted by Gasteiger charge is 2.16. The number of H-pyrrole nitrogens is 1. The molecule has 0 radical (unpaired) electrons. The molecule has 2 heterocycles. The minimum absolute atomic E-state index is 0.116. The summed E-state index contributed by atoms with van der Waals surface area (Å²) in [6.45, 7) is 0. The van der Waals surface area contributed by atoms with Crippen molar-refractivity contribution in [3.05, 3.63) is 52.7 Å². The summed E-state index contributed by atoms with van der Waals surface area (Å²) in [5.74, 6) is -0.657. The van der Waals surface area contributed by atoms with Crippen LogP contribution in [0, 0.1) is 0 Å². The van der Waals surface area contributed by atoms with Crippen LogP contribution in [0.15, 0.2) is 41.3 Å². The Morgan fingerprint density at radius 3 is 2.63 bits per heavy atom. The molecule has 3 aromatic rings. The normalized spacial score (nSPS) is 11.3. The van der Waals surface area contributed by atoms with Crippen LogP contribution in [-0.4, -0.2) is 19.7 Å². The molecule has 0 aliphatic rings. The average molecular weight is 262 g/mol. The SMILES string of the molecule is O=c1[nH]c(C(F)F)nc2c1cnn2-c1ccccc1. The van der Waals surface area contributed by atoms with Gasteiger partial charge in [0.15, 0.2) is 11.5 Å². The van der Waals surface area contributed by atoms with Gasteiger partial charge >= 0.3 is 0 Å². The topological polar surface area (TPSA) is 63.6 Å². The second-order valence-corrected chi connectivity index (χ2v) is 3.88. The summed E-state index contributed by atoms with van der Waals surface area (Å²) in [4.78, 5) is 17.5. The van der Waals surface area contributed by atoms with Crippen LogP contribution in [0.4, 0.5) is 8.78 Å². The molecule has 0 unspecified atom stereocenters. The summed E-state index contributed by atoms with van der Waals surface area (Å²) >= 11 is 0. The molecule has 0 atom stereocenters. The fraction of sp³-hybridized carbons (Fsp3) is 0.0833. The summed E-state index contributed by atoms with van der Waals surface area (Å²) in [5, 5.41) is 4.19. The highest BCUT2D eigenvalue weighted by atomic mass is 19.3. The molecule has 0 bridgehead atoms. The Kier molecular flexibility index (Phi) is 2.59. The van der Waals surface area contributed by atoms with E-state index in [0.717, 1.165) is 0 Å². The third kappa shape index (κ3) is 1.88. The molecular formula is C12H8F2N4O. The average Bonchev–Trinajstić information content (AvgIpc) is 2.84.